The summed E-state index contributed by atoms with van der Waals surface area (Å²) in [6.45, 7) is 11.4. The van der Waals surface area contributed by atoms with Crippen molar-refractivity contribution in [2.75, 3.05) is 20.1 Å². The summed E-state index contributed by atoms with van der Waals surface area (Å²) < 4.78 is 2.45. The van der Waals surface area contributed by atoms with E-state index in [-0.39, 0.29) is 0 Å². The standard InChI is InChI=1S/C16H28N4/c1-12(2)18(4)11-15-9-17-16-13(3)19(7-8-20(15)16)10-14-5-6-14/h9,12-14H,5-8,10-11H2,1-4H3/t13-/m1/s1. The van der Waals surface area contributed by atoms with Crippen LogP contribution in [0.2, 0.25) is 0 Å². The number of nitrogens with zero attached hydrogens (tertiary/aromatic N) is 4. The predicted molar refractivity (Wildman–Crippen MR) is 81.5 cm³/mol. The van der Waals surface area contributed by atoms with Crippen molar-refractivity contribution < 1.29 is 0 Å². The van der Waals surface area contributed by atoms with E-state index in [0.29, 0.717) is 12.1 Å². The fourth-order valence-electron chi connectivity index (χ4n) is 3.05. The van der Waals surface area contributed by atoms with Gasteiger partial charge in [0.15, 0.2) is 0 Å². The van der Waals surface area contributed by atoms with Crippen LogP contribution in [0.25, 0.3) is 0 Å². The number of hydrogen-bond donors (Lipinski definition) is 0. The molecule has 3 rings (SSSR count). The Morgan fingerprint density at radius 1 is 1.35 bits per heavy atom. The van der Waals surface area contributed by atoms with Crippen molar-refractivity contribution in [1.82, 2.24) is 19.4 Å². The number of aromatic nitrogens is 2. The second-order valence-corrected chi connectivity index (χ2v) is 6.88. The molecule has 1 aromatic rings. The SMILES string of the molecule is CC(C)N(C)Cc1cnc2n1CCN(CC1CC1)[C@@H]2C. The van der Waals surface area contributed by atoms with Gasteiger partial charge in [0.05, 0.1) is 11.7 Å². The van der Waals surface area contributed by atoms with Crippen LogP contribution in [-0.2, 0) is 13.1 Å². The molecule has 1 fully saturated rings. The van der Waals surface area contributed by atoms with E-state index in [4.69, 9.17) is 4.98 Å². The maximum atomic E-state index is 4.72. The van der Waals surface area contributed by atoms with Crippen molar-refractivity contribution in [2.24, 2.45) is 5.92 Å². The fraction of sp³-hybridized carbons (Fsp3) is 0.812. The predicted octanol–water partition coefficient (Wildman–Crippen LogP) is 2.51. The molecule has 1 aromatic heterocycles. The van der Waals surface area contributed by atoms with Gasteiger partial charge in [0, 0.05) is 38.4 Å². The third-order valence-electron chi connectivity index (χ3n) is 4.98. The van der Waals surface area contributed by atoms with Crippen LogP contribution in [0.15, 0.2) is 6.20 Å². The van der Waals surface area contributed by atoms with Crippen molar-refractivity contribution in [1.29, 1.82) is 0 Å². The van der Waals surface area contributed by atoms with Gasteiger partial charge in [0.1, 0.15) is 5.82 Å². The van der Waals surface area contributed by atoms with Crippen LogP contribution in [0.1, 0.15) is 51.2 Å². The lowest BCUT2D eigenvalue weighted by Crippen LogP contribution is -2.39. The van der Waals surface area contributed by atoms with Gasteiger partial charge in [-0.2, -0.15) is 0 Å². The van der Waals surface area contributed by atoms with Gasteiger partial charge in [-0.1, -0.05) is 0 Å². The molecule has 4 heteroatoms. The summed E-state index contributed by atoms with van der Waals surface area (Å²) in [5.74, 6) is 2.23. The van der Waals surface area contributed by atoms with Gasteiger partial charge < -0.3 is 4.57 Å². The van der Waals surface area contributed by atoms with E-state index in [1.165, 1.54) is 37.4 Å². The highest BCUT2D eigenvalue weighted by Crippen LogP contribution is 2.34. The monoisotopic (exact) mass is 276 g/mol. The Morgan fingerprint density at radius 3 is 2.75 bits per heavy atom. The molecule has 0 N–H and O–H groups in total. The summed E-state index contributed by atoms with van der Waals surface area (Å²) in [5.41, 5.74) is 1.37. The van der Waals surface area contributed by atoms with Gasteiger partial charge in [-0.05, 0) is 46.6 Å². The number of rotatable bonds is 5. The third-order valence-corrected chi connectivity index (χ3v) is 4.98. The first-order valence-electron chi connectivity index (χ1n) is 8.05. The largest absolute Gasteiger partial charge is 0.328 e. The molecule has 0 saturated heterocycles. The molecule has 0 aromatic carbocycles. The molecule has 0 radical (unpaired) electrons. The summed E-state index contributed by atoms with van der Waals surface area (Å²) in [7, 11) is 2.19. The van der Waals surface area contributed by atoms with Crippen LogP contribution in [0.5, 0.6) is 0 Å². The summed E-state index contributed by atoms with van der Waals surface area (Å²) in [6.07, 6.45) is 4.95. The third kappa shape index (κ3) is 2.77. The Kier molecular flexibility index (Phi) is 3.87. The minimum Gasteiger partial charge on any atom is -0.328 e. The highest BCUT2D eigenvalue weighted by Gasteiger charge is 2.31. The lowest BCUT2D eigenvalue weighted by molar-refractivity contribution is 0.154. The second-order valence-electron chi connectivity index (χ2n) is 6.88. The van der Waals surface area contributed by atoms with Crippen molar-refractivity contribution in [3.05, 3.63) is 17.7 Å². The maximum absolute atomic E-state index is 4.72. The Hall–Kier alpha value is -0.870. The Bertz CT molecular complexity index is 461. The van der Waals surface area contributed by atoms with Crippen molar-refractivity contribution >= 4 is 0 Å². The molecule has 0 amide bonds. The fourth-order valence-corrected chi connectivity index (χ4v) is 3.05. The Balaban J connectivity index is 1.72. The van der Waals surface area contributed by atoms with E-state index in [0.717, 1.165) is 19.0 Å². The highest BCUT2D eigenvalue weighted by molar-refractivity contribution is 5.11. The molecule has 1 aliphatic heterocycles. The zero-order valence-electron chi connectivity index (χ0n) is 13.3. The average molecular weight is 276 g/mol. The van der Waals surface area contributed by atoms with E-state index in [2.05, 4.69) is 48.4 Å². The van der Waals surface area contributed by atoms with Crippen molar-refractivity contribution in [2.45, 2.75) is 58.8 Å². The molecule has 1 aliphatic carbocycles. The number of fused-ring (bicyclic) bond motifs is 1. The molecular weight excluding hydrogens is 248 g/mol. The first-order chi connectivity index (χ1) is 9.56. The molecule has 1 atom stereocenters. The topological polar surface area (TPSA) is 24.3 Å². The Morgan fingerprint density at radius 2 is 2.10 bits per heavy atom. The smallest absolute Gasteiger partial charge is 0.126 e. The molecule has 112 valence electrons. The maximum Gasteiger partial charge on any atom is 0.126 e. The minimum atomic E-state index is 0.474. The van der Waals surface area contributed by atoms with E-state index in [1.54, 1.807) is 0 Å². The molecule has 20 heavy (non-hydrogen) atoms. The van der Waals surface area contributed by atoms with E-state index < -0.39 is 0 Å². The Labute approximate surface area is 122 Å². The van der Waals surface area contributed by atoms with E-state index >= 15 is 0 Å². The summed E-state index contributed by atoms with van der Waals surface area (Å²) in [6, 6.07) is 1.05. The van der Waals surface area contributed by atoms with Crippen LogP contribution in [0.3, 0.4) is 0 Å². The highest BCUT2D eigenvalue weighted by atomic mass is 15.3. The molecular formula is C16H28N4. The summed E-state index contributed by atoms with van der Waals surface area (Å²) in [4.78, 5) is 9.72. The van der Waals surface area contributed by atoms with Gasteiger partial charge in [0.2, 0.25) is 0 Å². The second kappa shape index (κ2) is 5.49. The number of imidazole rings is 1. The number of hydrogen-bond acceptors (Lipinski definition) is 3. The molecule has 0 bridgehead atoms. The van der Waals surface area contributed by atoms with Crippen molar-refractivity contribution in [3.8, 4) is 0 Å². The van der Waals surface area contributed by atoms with Crippen LogP contribution >= 0.6 is 0 Å². The lowest BCUT2D eigenvalue weighted by atomic mass is 10.2. The van der Waals surface area contributed by atoms with Gasteiger partial charge in [-0.25, -0.2) is 4.98 Å². The zero-order chi connectivity index (χ0) is 14.3. The van der Waals surface area contributed by atoms with E-state index in [1.807, 2.05) is 0 Å². The molecule has 4 nitrogen and oxygen atoms in total. The van der Waals surface area contributed by atoms with Gasteiger partial charge in [-0.3, -0.25) is 9.80 Å². The first kappa shape index (κ1) is 14.1. The lowest BCUT2D eigenvalue weighted by Gasteiger charge is -2.35. The first-order valence-corrected chi connectivity index (χ1v) is 8.05. The average Bonchev–Trinajstić information content (AvgIpc) is 3.13. The van der Waals surface area contributed by atoms with Gasteiger partial charge in [0.25, 0.3) is 0 Å². The zero-order valence-corrected chi connectivity index (χ0v) is 13.3. The molecule has 2 heterocycles. The normalized spacial score (nSPS) is 23.6. The quantitative estimate of drug-likeness (QED) is 0.826. The summed E-state index contributed by atoms with van der Waals surface area (Å²) in [5, 5.41) is 0. The van der Waals surface area contributed by atoms with Crippen LogP contribution in [0, 0.1) is 5.92 Å². The minimum absolute atomic E-state index is 0.474. The van der Waals surface area contributed by atoms with Gasteiger partial charge in [-0.15, -0.1) is 0 Å². The van der Waals surface area contributed by atoms with Crippen LogP contribution in [0.4, 0.5) is 0 Å². The molecule has 0 spiro atoms. The van der Waals surface area contributed by atoms with Crippen LogP contribution < -0.4 is 0 Å². The van der Waals surface area contributed by atoms with Gasteiger partial charge >= 0.3 is 0 Å². The summed E-state index contributed by atoms with van der Waals surface area (Å²) >= 11 is 0. The van der Waals surface area contributed by atoms with Crippen LogP contribution in [-0.4, -0.2) is 45.5 Å². The molecule has 2 aliphatic rings. The molecule has 0 unspecified atom stereocenters. The molecule has 1 saturated carbocycles. The van der Waals surface area contributed by atoms with E-state index in [9.17, 15) is 0 Å². The van der Waals surface area contributed by atoms with Crippen molar-refractivity contribution in [3.63, 3.8) is 0 Å².